The number of nitrogens with zero attached hydrogens (tertiary/aromatic N) is 1. The van der Waals surface area contributed by atoms with Crippen molar-refractivity contribution in [3.8, 4) is 28.5 Å². The van der Waals surface area contributed by atoms with Crippen molar-refractivity contribution in [2.24, 2.45) is 0 Å². The van der Waals surface area contributed by atoms with Crippen molar-refractivity contribution in [3.63, 3.8) is 0 Å². The van der Waals surface area contributed by atoms with Crippen LogP contribution in [0.2, 0.25) is 0 Å². The van der Waals surface area contributed by atoms with E-state index >= 15 is 0 Å². The molecule has 1 aliphatic rings. The molecule has 0 bridgehead atoms. The number of benzene rings is 2. The molecule has 30 heavy (non-hydrogen) atoms. The zero-order valence-corrected chi connectivity index (χ0v) is 16.6. The maximum Gasteiger partial charge on any atom is 0.261 e. The van der Waals surface area contributed by atoms with Gasteiger partial charge in [0.25, 0.3) is 5.91 Å². The van der Waals surface area contributed by atoms with Gasteiger partial charge in [-0.1, -0.05) is 18.2 Å². The van der Waals surface area contributed by atoms with Gasteiger partial charge in [0.05, 0.1) is 14.2 Å². The lowest BCUT2D eigenvalue weighted by molar-refractivity contribution is -0.127. The molecule has 1 aromatic heterocycles. The Balaban J connectivity index is 1.46. The Kier molecular flexibility index (Phi) is 5.52. The predicted molar refractivity (Wildman–Crippen MR) is 109 cm³/mol. The first kappa shape index (κ1) is 19.7. The van der Waals surface area contributed by atoms with Crippen LogP contribution in [0.1, 0.15) is 11.1 Å². The first-order chi connectivity index (χ1) is 14.6. The lowest BCUT2D eigenvalue weighted by Crippen LogP contribution is -2.37. The smallest absolute Gasteiger partial charge is 0.261 e. The SMILES string of the molecule is COc1ccc(CNC(=O)C2Cc3c(-c4cccc(F)c4)ccnc3O2)cc1OC. The van der Waals surface area contributed by atoms with E-state index in [1.54, 1.807) is 38.6 Å². The summed E-state index contributed by atoms with van der Waals surface area (Å²) in [7, 11) is 3.13. The minimum atomic E-state index is -0.692. The summed E-state index contributed by atoms with van der Waals surface area (Å²) < 4.78 is 29.9. The van der Waals surface area contributed by atoms with Gasteiger partial charge in [-0.05, 0) is 47.0 Å². The molecular weight excluding hydrogens is 387 g/mol. The van der Waals surface area contributed by atoms with Gasteiger partial charge in [-0.3, -0.25) is 4.79 Å². The first-order valence-electron chi connectivity index (χ1n) is 9.48. The van der Waals surface area contributed by atoms with Crippen LogP contribution in [0.15, 0.2) is 54.7 Å². The van der Waals surface area contributed by atoms with Crippen LogP contribution in [-0.2, 0) is 17.8 Å². The first-order valence-corrected chi connectivity index (χ1v) is 9.48. The predicted octanol–water partition coefficient (Wildman–Crippen LogP) is 3.52. The van der Waals surface area contributed by atoms with Crippen molar-refractivity contribution >= 4 is 5.91 Å². The Morgan fingerprint density at radius 2 is 2.00 bits per heavy atom. The molecule has 1 unspecified atom stereocenters. The van der Waals surface area contributed by atoms with E-state index in [4.69, 9.17) is 14.2 Å². The molecule has 0 saturated heterocycles. The van der Waals surface area contributed by atoms with Crippen molar-refractivity contribution in [1.82, 2.24) is 10.3 Å². The van der Waals surface area contributed by atoms with E-state index in [1.165, 1.54) is 12.1 Å². The molecule has 6 nitrogen and oxygen atoms in total. The molecule has 154 valence electrons. The lowest BCUT2D eigenvalue weighted by Gasteiger charge is -2.12. The average Bonchev–Trinajstić information content (AvgIpc) is 3.21. The van der Waals surface area contributed by atoms with Gasteiger partial charge in [-0.2, -0.15) is 0 Å². The molecule has 0 radical (unpaired) electrons. The molecule has 7 heteroatoms. The molecule has 1 aliphatic heterocycles. The number of hydrogen-bond donors (Lipinski definition) is 1. The maximum atomic E-state index is 13.6. The number of ether oxygens (including phenoxy) is 3. The third-order valence-corrected chi connectivity index (χ3v) is 5.00. The minimum Gasteiger partial charge on any atom is -0.493 e. The molecule has 0 fully saturated rings. The normalized spacial score (nSPS) is 14.6. The van der Waals surface area contributed by atoms with E-state index in [-0.39, 0.29) is 11.7 Å². The second kappa shape index (κ2) is 8.41. The average molecular weight is 408 g/mol. The third kappa shape index (κ3) is 3.91. The Morgan fingerprint density at radius 1 is 1.17 bits per heavy atom. The van der Waals surface area contributed by atoms with E-state index in [2.05, 4.69) is 10.3 Å². The fourth-order valence-corrected chi connectivity index (χ4v) is 3.50. The number of hydrogen-bond acceptors (Lipinski definition) is 5. The van der Waals surface area contributed by atoms with Crippen LogP contribution in [0, 0.1) is 5.82 Å². The van der Waals surface area contributed by atoms with Gasteiger partial charge >= 0.3 is 0 Å². The third-order valence-electron chi connectivity index (χ3n) is 5.00. The largest absolute Gasteiger partial charge is 0.493 e. The molecular formula is C23H21FN2O4. The Bertz CT molecular complexity index is 1090. The number of carbonyl (C=O) groups excluding carboxylic acids is 1. The van der Waals surface area contributed by atoms with Crippen molar-refractivity contribution in [1.29, 1.82) is 0 Å². The Labute approximate surface area is 173 Å². The van der Waals surface area contributed by atoms with Crippen molar-refractivity contribution < 1.29 is 23.4 Å². The molecule has 4 rings (SSSR count). The summed E-state index contributed by atoms with van der Waals surface area (Å²) in [6.45, 7) is 0.319. The van der Waals surface area contributed by atoms with Crippen LogP contribution in [0.4, 0.5) is 4.39 Å². The number of methoxy groups -OCH3 is 2. The molecule has 0 saturated carbocycles. The number of halogens is 1. The van der Waals surface area contributed by atoms with Crippen LogP contribution >= 0.6 is 0 Å². The summed E-state index contributed by atoms with van der Waals surface area (Å²) in [4.78, 5) is 16.9. The van der Waals surface area contributed by atoms with Crippen molar-refractivity contribution in [3.05, 3.63) is 71.7 Å². The molecule has 0 spiro atoms. The highest BCUT2D eigenvalue weighted by molar-refractivity contribution is 5.83. The van der Waals surface area contributed by atoms with E-state index in [0.29, 0.717) is 30.3 Å². The fraction of sp³-hybridized carbons (Fsp3) is 0.217. The highest BCUT2D eigenvalue weighted by Gasteiger charge is 2.32. The topological polar surface area (TPSA) is 69.7 Å². The van der Waals surface area contributed by atoms with Crippen LogP contribution in [0.25, 0.3) is 11.1 Å². The molecule has 0 aliphatic carbocycles. The van der Waals surface area contributed by atoms with E-state index in [1.807, 2.05) is 18.2 Å². The van der Waals surface area contributed by atoms with Gasteiger partial charge in [0.1, 0.15) is 5.82 Å². The van der Waals surface area contributed by atoms with Gasteiger partial charge < -0.3 is 19.5 Å². The Hall–Kier alpha value is -3.61. The van der Waals surface area contributed by atoms with E-state index in [0.717, 1.165) is 22.3 Å². The summed E-state index contributed by atoms with van der Waals surface area (Å²) in [5.41, 5.74) is 3.21. The Morgan fingerprint density at radius 3 is 2.77 bits per heavy atom. The number of amides is 1. The molecule has 2 heterocycles. The van der Waals surface area contributed by atoms with Crippen molar-refractivity contribution in [2.75, 3.05) is 14.2 Å². The van der Waals surface area contributed by atoms with Crippen LogP contribution in [-0.4, -0.2) is 31.2 Å². The summed E-state index contributed by atoms with van der Waals surface area (Å²) in [6, 6.07) is 13.6. The van der Waals surface area contributed by atoms with Gasteiger partial charge in [-0.25, -0.2) is 9.37 Å². The van der Waals surface area contributed by atoms with Crippen LogP contribution in [0.3, 0.4) is 0 Å². The van der Waals surface area contributed by atoms with Gasteiger partial charge in [0.15, 0.2) is 17.6 Å². The van der Waals surface area contributed by atoms with Gasteiger partial charge in [0.2, 0.25) is 5.88 Å². The number of nitrogens with one attached hydrogen (secondary N) is 1. The van der Waals surface area contributed by atoms with Crippen molar-refractivity contribution in [2.45, 2.75) is 19.1 Å². The molecule has 1 N–H and O–H groups in total. The highest BCUT2D eigenvalue weighted by Crippen LogP contribution is 2.35. The highest BCUT2D eigenvalue weighted by atomic mass is 19.1. The zero-order valence-electron chi connectivity index (χ0n) is 16.6. The van der Waals surface area contributed by atoms with Gasteiger partial charge in [-0.15, -0.1) is 0 Å². The maximum absolute atomic E-state index is 13.6. The summed E-state index contributed by atoms with van der Waals surface area (Å²) in [6.07, 6.45) is 1.28. The number of pyridine rings is 1. The second-order valence-electron chi connectivity index (χ2n) is 6.87. The number of aromatic nitrogens is 1. The number of carbonyl (C=O) groups is 1. The van der Waals surface area contributed by atoms with Crippen LogP contribution < -0.4 is 19.5 Å². The monoisotopic (exact) mass is 408 g/mol. The second-order valence-corrected chi connectivity index (χ2v) is 6.87. The standard InChI is InChI=1S/C23H21FN2O4/c1-28-19-7-6-14(10-20(19)29-2)13-26-22(27)21-12-18-17(8-9-25-23(18)30-21)15-4-3-5-16(24)11-15/h3-11,21H,12-13H2,1-2H3,(H,26,27). The van der Waals surface area contributed by atoms with E-state index in [9.17, 15) is 9.18 Å². The van der Waals surface area contributed by atoms with Crippen LogP contribution in [0.5, 0.6) is 17.4 Å². The summed E-state index contributed by atoms with van der Waals surface area (Å²) in [5.74, 6) is 1.06. The fourth-order valence-electron chi connectivity index (χ4n) is 3.50. The quantitative estimate of drug-likeness (QED) is 0.676. The molecule has 3 aromatic rings. The summed E-state index contributed by atoms with van der Waals surface area (Å²) >= 11 is 0. The number of rotatable bonds is 6. The minimum absolute atomic E-state index is 0.243. The number of fused-ring (bicyclic) bond motifs is 1. The molecule has 1 amide bonds. The van der Waals surface area contributed by atoms with Gasteiger partial charge in [0, 0.05) is 24.7 Å². The lowest BCUT2D eigenvalue weighted by atomic mass is 9.98. The van der Waals surface area contributed by atoms with E-state index < -0.39 is 6.10 Å². The summed E-state index contributed by atoms with van der Waals surface area (Å²) in [5, 5.41) is 2.88. The molecule has 1 atom stereocenters. The molecule has 2 aromatic carbocycles. The zero-order chi connectivity index (χ0) is 21.1.